The van der Waals surface area contributed by atoms with Crippen molar-refractivity contribution in [2.45, 2.75) is 0 Å². The van der Waals surface area contributed by atoms with Crippen LogP contribution in [-0.4, -0.2) is 57.8 Å². The smallest absolute Gasteiger partial charge is 0.274 e. The number of nitrogens with zero attached hydrogens (tertiary/aromatic N) is 5. The Balaban J connectivity index is 1.33. The van der Waals surface area contributed by atoms with E-state index in [0.717, 1.165) is 5.82 Å². The third-order valence-electron chi connectivity index (χ3n) is 4.71. The maximum atomic E-state index is 12.5. The minimum absolute atomic E-state index is 0.107. The number of anilines is 2. The molecular weight excluding hydrogens is 368 g/mol. The summed E-state index contributed by atoms with van der Waals surface area (Å²) < 4.78 is 0. The molecule has 4 rings (SSSR count). The molecule has 0 saturated carbocycles. The van der Waals surface area contributed by atoms with Crippen LogP contribution in [0.3, 0.4) is 0 Å². The molecule has 1 aliphatic rings. The number of carbonyl (C=O) groups is 2. The van der Waals surface area contributed by atoms with Gasteiger partial charge in [-0.3, -0.25) is 14.6 Å². The second kappa shape index (κ2) is 8.47. The summed E-state index contributed by atoms with van der Waals surface area (Å²) in [6.07, 6.45) is 6.20. The predicted molar refractivity (Wildman–Crippen MR) is 109 cm³/mol. The molecule has 0 aliphatic carbocycles. The van der Waals surface area contributed by atoms with Gasteiger partial charge in [0.05, 0.1) is 18.1 Å². The lowest BCUT2D eigenvalue weighted by atomic mass is 10.2. The molecule has 0 spiro atoms. The number of benzene rings is 1. The summed E-state index contributed by atoms with van der Waals surface area (Å²) in [4.78, 5) is 41.1. The summed E-state index contributed by atoms with van der Waals surface area (Å²) >= 11 is 0. The summed E-state index contributed by atoms with van der Waals surface area (Å²) in [5.41, 5.74) is 1.59. The van der Waals surface area contributed by atoms with Crippen molar-refractivity contribution >= 4 is 23.3 Å². The van der Waals surface area contributed by atoms with Gasteiger partial charge in [-0.2, -0.15) is 0 Å². The van der Waals surface area contributed by atoms with E-state index in [4.69, 9.17) is 0 Å². The zero-order valence-corrected chi connectivity index (χ0v) is 15.7. The van der Waals surface area contributed by atoms with Crippen molar-refractivity contribution in [1.29, 1.82) is 0 Å². The molecule has 1 saturated heterocycles. The minimum Gasteiger partial charge on any atom is -0.353 e. The van der Waals surface area contributed by atoms with Gasteiger partial charge < -0.3 is 15.1 Å². The van der Waals surface area contributed by atoms with E-state index in [-0.39, 0.29) is 11.8 Å². The Kier molecular flexibility index (Phi) is 5.42. The number of pyridine rings is 1. The van der Waals surface area contributed by atoms with Gasteiger partial charge in [0.15, 0.2) is 0 Å². The fourth-order valence-corrected chi connectivity index (χ4v) is 3.15. The van der Waals surface area contributed by atoms with Crippen molar-refractivity contribution in [3.63, 3.8) is 0 Å². The van der Waals surface area contributed by atoms with E-state index in [1.54, 1.807) is 29.4 Å². The fraction of sp³-hybridized carbons (Fsp3) is 0.190. The van der Waals surface area contributed by atoms with Crippen molar-refractivity contribution in [3.05, 3.63) is 78.5 Å². The van der Waals surface area contributed by atoms with E-state index in [1.165, 1.54) is 12.4 Å². The Morgan fingerprint density at radius 1 is 0.862 bits per heavy atom. The Morgan fingerprint density at radius 3 is 2.31 bits per heavy atom. The van der Waals surface area contributed by atoms with Crippen molar-refractivity contribution < 1.29 is 9.59 Å². The topological polar surface area (TPSA) is 91.3 Å². The van der Waals surface area contributed by atoms with E-state index >= 15 is 0 Å². The standard InChI is InChI=1S/C21H20N6O2/c28-20(16-4-2-1-3-5-16)25-17-6-7-19(24-14-17)26-10-12-27(13-11-26)21(29)18-15-22-8-9-23-18/h1-9,14-15H,10-13H2,(H,25,28). The largest absolute Gasteiger partial charge is 0.353 e. The summed E-state index contributed by atoms with van der Waals surface area (Å²) in [5, 5.41) is 2.84. The number of rotatable bonds is 4. The number of hydrogen-bond donors (Lipinski definition) is 1. The third kappa shape index (κ3) is 4.37. The fourth-order valence-electron chi connectivity index (χ4n) is 3.15. The van der Waals surface area contributed by atoms with Gasteiger partial charge in [-0.15, -0.1) is 0 Å². The second-order valence-corrected chi connectivity index (χ2v) is 6.60. The molecular formula is C21H20N6O2. The van der Waals surface area contributed by atoms with Crippen LogP contribution in [0.2, 0.25) is 0 Å². The molecule has 1 N–H and O–H groups in total. The molecule has 29 heavy (non-hydrogen) atoms. The lowest BCUT2D eigenvalue weighted by Gasteiger charge is -2.35. The summed E-state index contributed by atoms with van der Waals surface area (Å²) in [7, 11) is 0. The molecule has 1 fully saturated rings. The summed E-state index contributed by atoms with van der Waals surface area (Å²) in [6.45, 7) is 2.52. The van der Waals surface area contributed by atoms with E-state index in [1.807, 2.05) is 30.3 Å². The zero-order valence-electron chi connectivity index (χ0n) is 15.7. The molecule has 2 aromatic heterocycles. The highest BCUT2D eigenvalue weighted by molar-refractivity contribution is 6.04. The van der Waals surface area contributed by atoms with Crippen molar-refractivity contribution in [3.8, 4) is 0 Å². The van der Waals surface area contributed by atoms with Gasteiger partial charge >= 0.3 is 0 Å². The van der Waals surface area contributed by atoms with E-state index in [0.29, 0.717) is 43.1 Å². The average Bonchev–Trinajstić information content (AvgIpc) is 2.80. The van der Waals surface area contributed by atoms with Gasteiger partial charge in [-0.05, 0) is 24.3 Å². The highest BCUT2D eigenvalue weighted by Gasteiger charge is 2.23. The molecule has 1 aromatic carbocycles. The Morgan fingerprint density at radius 2 is 1.66 bits per heavy atom. The first-order valence-electron chi connectivity index (χ1n) is 9.33. The number of nitrogens with one attached hydrogen (secondary N) is 1. The Bertz CT molecular complexity index is 971. The van der Waals surface area contributed by atoms with Gasteiger partial charge in [-0.1, -0.05) is 18.2 Å². The van der Waals surface area contributed by atoms with Crippen LogP contribution in [0.1, 0.15) is 20.8 Å². The Labute approximate surface area is 168 Å². The molecule has 2 amide bonds. The van der Waals surface area contributed by atoms with Crippen LogP contribution in [0.5, 0.6) is 0 Å². The number of piperazine rings is 1. The highest BCUT2D eigenvalue weighted by Crippen LogP contribution is 2.17. The number of hydrogen-bond acceptors (Lipinski definition) is 6. The first-order chi connectivity index (χ1) is 14.2. The van der Waals surface area contributed by atoms with Crippen LogP contribution in [0.4, 0.5) is 11.5 Å². The van der Waals surface area contributed by atoms with Gasteiger partial charge in [0.25, 0.3) is 11.8 Å². The predicted octanol–water partition coefficient (Wildman–Crippen LogP) is 2.09. The zero-order chi connectivity index (χ0) is 20.1. The number of aromatic nitrogens is 3. The minimum atomic E-state index is -0.170. The molecule has 0 unspecified atom stereocenters. The first-order valence-corrected chi connectivity index (χ1v) is 9.33. The number of carbonyl (C=O) groups excluding carboxylic acids is 2. The summed E-state index contributed by atoms with van der Waals surface area (Å²) in [5.74, 6) is 0.537. The molecule has 1 aliphatic heterocycles. The molecule has 3 heterocycles. The highest BCUT2D eigenvalue weighted by atomic mass is 16.2. The van der Waals surface area contributed by atoms with Crippen LogP contribution < -0.4 is 10.2 Å². The van der Waals surface area contributed by atoms with Crippen LogP contribution in [0.25, 0.3) is 0 Å². The van der Waals surface area contributed by atoms with Crippen molar-refractivity contribution in [1.82, 2.24) is 19.9 Å². The monoisotopic (exact) mass is 388 g/mol. The lowest BCUT2D eigenvalue weighted by Crippen LogP contribution is -2.49. The second-order valence-electron chi connectivity index (χ2n) is 6.60. The molecule has 8 nitrogen and oxygen atoms in total. The van der Waals surface area contributed by atoms with E-state index < -0.39 is 0 Å². The average molecular weight is 388 g/mol. The molecule has 0 atom stereocenters. The number of amides is 2. The lowest BCUT2D eigenvalue weighted by molar-refractivity contribution is 0.0740. The SMILES string of the molecule is O=C(Nc1ccc(N2CCN(C(=O)c3cnccn3)CC2)nc1)c1ccccc1. The molecule has 3 aromatic rings. The van der Waals surface area contributed by atoms with Gasteiger partial charge in [0.1, 0.15) is 11.5 Å². The maximum absolute atomic E-state index is 12.5. The van der Waals surface area contributed by atoms with Crippen molar-refractivity contribution in [2.24, 2.45) is 0 Å². The normalized spacial score (nSPS) is 13.8. The first kappa shape index (κ1) is 18.5. The van der Waals surface area contributed by atoms with Gasteiger partial charge in [0.2, 0.25) is 0 Å². The molecule has 0 radical (unpaired) electrons. The van der Waals surface area contributed by atoms with Gasteiger partial charge in [-0.25, -0.2) is 9.97 Å². The summed E-state index contributed by atoms with van der Waals surface area (Å²) in [6, 6.07) is 12.8. The Hall–Kier alpha value is -3.81. The van der Waals surface area contributed by atoms with Crippen LogP contribution in [-0.2, 0) is 0 Å². The molecule has 8 heteroatoms. The van der Waals surface area contributed by atoms with Gasteiger partial charge in [0, 0.05) is 44.1 Å². The van der Waals surface area contributed by atoms with E-state index in [9.17, 15) is 9.59 Å². The molecule has 0 bridgehead atoms. The molecule has 146 valence electrons. The maximum Gasteiger partial charge on any atom is 0.274 e. The third-order valence-corrected chi connectivity index (χ3v) is 4.71. The van der Waals surface area contributed by atoms with Crippen LogP contribution in [0.15, 0.2) is 67.3 Å². The quantitative estimate of drug-likeness (QED) is 0.736. The van der Waals surface area contributed by atoms with E-state index in [2.05, 4.69) is 25.2 Å². The van der Waals surface area contributed by atoms with Crippen LogP contribution >= 0.6 is 0 Å². The van der Waals surface area contributed by atoms with Crippen LogP contribution in [0, 0.1) is 0 Å². The van der Waals surface area contributed by atoms with Crippen molar-refractivity contribution in [2.75, 3.05) is 36.4 Å².